The molecule has 20 heavy (non-hydrogen) atoms. The van der Waals surface area contributed by atoms with Gasteiger partial charge >= 0.3 is 0 Å². The third-order valence-corrected chi connectivity index (χ3v) is 3.34. The number of carbonyl (C=O) groups excluding carboxylic acids is 1. The van der Waals surface area contributed by atoms with Gasteiger partial charge in [0.25, 0.3) is 5.91 Å². The van der Waals surface area contributed by atoms with E-state index in [1.54, 1.807) is 12.1 Å². The standard InChI is InChI=1S/C16H19N3O/c1-11-5-2-3-6-12(11)9-10-19-14-8-4-7-13(15(14)17)16(18)20/h2-8,19H,9-10,17H2,1H3,(H2,18,20). The van der Waals surface area contributed by atoms with Crippen molar-refractivity contribution in [3.63, 3.8) is 0 Å². The molecule has 2 rings (SSSR count). The molecular formula is C16H19N3O. The van der Waals surface area contributed by atoms with Crippen molar-refractivity contribution in [3.05, 3.63) is 59.2 Å². The molecule has 0 spiro atoms. The zero-order valence-corrected chi connectivity index (χ0v) is 11.5. The lowest BCUT2D eigenvalue weighted by molar-refractivity contribution is 0.100. The highest BCUT2D eigenvalue weighted by Crippen LogP contribution is 2.22. The van der Waals surface area contributed by atoms with Gasteiger partial charge in [-0.2, -0.15) is 0 Å². The van der Waals surface area contributed by atoms with E-state index >= 15 is 0 Å². The summed E-state index contributed by atoms with van der Waals surface area (Å²) in [6, 6.07) is 13.5. The maximum Gasteiger partial charge on any atom is 0.250 e. The summed E-state index contributed by atoms with van der Waals surface area (Å²) in [5.74, 6) is -0.509. The average molecular weight is 269 g/mol. The first kappa shape index (κ1) is 13.9. The van der Waals surface area contributed by atoms with E-state index < -0.39 is 5.91 Å². The molecule has 4 nitrogen and oxygen atoms in total. The Labute approximate surface area is 118 Å². The Bertz CT molecular complexity index is 623. The number of carbonyl (C=O) groups is 1. The first-order valence-electron chi connectivity index (χ1n) is 6.56. The van der Waals surface area contributed by atoms with E-state index in [4.69, 9.17) is 11.5 Å². The molecule has 0 saturated carbocycles. The second-order valence-corrected chi connectivity index (χ2v) is 4.73. The quantitative estimate of drug-likeness (QED) is 0.729. The lowest BCUT2D eigenvalue weighted by Crippen LogP contribution is -2.15. The summed E-state index contributed by atoms with van der Waals surface area (Å²) in [4.78, 5) is 11.2. The van der Waals surface area contributed by atoms with E-state index in [1.165, 1.54) is 11.1 Å². The van der Waals surface area contributed by atoms with Crippen molar-refractivity contribution in [1.29, 1.82) is 0 Å². The minimum atomic E-state index is -0.509. The number of benzene rings is 2. The Balaban J connectivity index is 2.03. The Kier molecular flexibility index (Phi) is 4.25. The largest absolute Gasteiger partial charge is 0.396 e. The Hall–Kier alpha value is -2.49. The second kappa shape index (κ2) is 6.10. The van der Waals surface area contributed by atoms with Gasteiger partial charge in [-0.1, -0.05) is 30.3 Å². The van der Waals surface area contributed by atoms with Gasteiger partial charge in [-0.25, -0.2) is 0 Å². The van der Waals surface area contributed by atoms with Gasteiger partial charge in [0.2, 0.25) is 0 Å². The van der Waals surface area contributed by atoms with Crippen molar-refractivity contribution >= 4 is 17.3 Å². The van der Waals surface area contributed by atoms with Crippen LogP contribution in [-0.4, -0.2) is 12.5 Å². The van der Waals surface area contributed by atoms with Crippen LogP contribution in [0.1, 0.15) is 21.5 Å². The number of hydrogen-bond acceptors (Lipinski definition) is 3. The van der Waals surface area contributed by atoms with Gasteiger partial charge in [-0.3, -0.25) is 4.79 Å². The number of nitrogens with two attached hydrogens (primary N) is 2. The highest BCUT2D eigenvalue weighted by molar-refractivity contribution is 6.00. The van der Waals surface area contributed by atoms with Crippen molar-refractivity contribution in [2.24, 2.45) is 5.73 Å². The number of rotatable bonds is 5. The lowest BCUT2D eigenvalue weighted by atomic mass is 10.1. The molecule has 0 bridgehead atoms. The molecule has 2 aromatic carbocycles. The topological polar surface area (TPSA) is 81.1 Å². The third kappa shape index (κ3) is 3.09. The van der Waals surface area contributed by atoms with Crippen LogP contribution in [0.25, 0.3) is 0 Å². The first-order valence-corrected chi connectivity index (χ1v) is 6.56. The number of nitrogens with one attached hydrogen (secondary N) is 1. The lowest BCUT2D eigenvalue weighted by Gasteiger charge is -2.12. The maximum atomic E-state index is 11.2. The number of nitrogen functional groups attached to an aromatic ring is 1. The summed E-state index contributed by atoms with van der Waals surface area (Å²) in [7, 11) is 0. The van der Waals surface area contributed by atoms with Gasteiger partial charge in [0.15, 0.2) is 0 Å². The van der Waals surface area contributed by atoms with Gasteiger partial charge < -0.3 is 16.8 Å². The third-order valence-electron chi connectivity index (χ3n) is 3.34. The fourth-order valence-corrected chi connectivity index (χ4v) is 2.16. The Morgan fingerprint density at radius 2 is 1.90 bits per heavy atom. The fourth-order valence-electron chi connectivity index (χ4n) is 2.16. The highest BCUT2D eigenvalue weighted by Gasteiger charge is 2.08. The molecule has 0 aliphatic carbocycles. The molecular weight excluding hydrogens is 250 g/mol. The Morgan fingerprint density at radius 1 is 1.15 bits per heavy atom. The second-order valence-electron chi connectivity index (χ2n) is 4.73. The molecule has 4 heteroatoms. The molecule has 1 amide bonds. The van der Waals surface area contributed by atoms with Crippen LogP contribution in [0.5, 0.6) is 0 Å². The van der Waals surface area contributed by atoms with E-state index in [-0.39, 0.29) is 0 Å². The van der Waals surface area contributed by atoms with Gasteiger partial charge in [-0.15, -0.1) is 0 Å². The van der Waals surface area contributed by atoms with Gasteiger partial charge in [0, 0.05) is 6.54 Å². The first-order chi connectivity index (χ1) is 9.59. The van der Waals surface area contributed by atoms with Crippen molar-refractivity contribution in [2.45, 2.75) is 13.3 Å². The molecule has 2 aromatic rings. The SMILES string of the molecule is Cc1ccccc1CCNc1cccc(C(N)=O)c1N. The zero-order chi connectivity index (χ0) is 14.5. The molecule has 0 atom stereocenters. The highest BCUT2D eigenvalue weighted by atomic mass is 16.1. The molecule has 0 saturated heterocycles. The number of hydrogen-bond donors (Lipinski definition) is 3. The molecule has 0 heterocycles. The number of aryl methyl sites for hydroxylation is 1. The summed E-state index contributed by atoms with van der Waals surface area (Å²) in [6.07, 6.45) is 0.896. The minimum Gasteiger partial charge on any atom is -0.396 e. The van der Waals surface area contributed by atoms with Crippen LogP contribution < -0.4 is 16.8 Å². The number of primary amides is 1. The van der Waals surface area contributed by atoms with Crippen LogP contribution in [0.3, 0.4) is 0 Å². The zero-order valence-electron chi connectivity index (χ0n) is 11.5. The van der Waals surface area contributed by atoms with Crippen LogP contribution in [-0.2, 0) is 6.42 Å². The van der Waals surface area contributed by atoms with Crippen molar-refractivity contribution in [2.75, 3.05) is 17.6 Å². The predicted molar refractivity (Wildman–Crippen MR) is 82.7 cm³/mol. The van der Waals surface area contributed by atoms with Gasteiger partial charge in [-0.05, 0) is 36.6 Å². The number of para-hydroxylation sites is 1. The monoisotopic (exact) mass is 269 g/mol. The van der Waals surface area contributed by atoms with Crippen LogP contribution in [0.2, 0.25) is 0 Å². The van der Waals surface area contributed by atoms with Crippen LogP contribution >= 0.6 is 0 Å². The fraction of sp³-hybridized carbons (Fsp3) is 0.188. The summed E-state index contributed by atoms with van der Waals surface area (Å²) < 4.78 is 0. The van der Waals surface area contributed by atoms with Crippen LogP contribution in [0.15, 0.2) is 42.5 Å². The summed E-state index contributed by atoms with van der Waals surface area (Å²) in [6.45, 7) is 2.84. The molecule has 0 unspecified atom stereocenters. The van der Waals surface area contributed by atoms with Crippen LogP contribution in [0.4, 0.5) is 11.4 Å². The van der Waals surface area contributed by atoms with Crippen molar-refractivity contribution in [1.82, 2.24) is 0 Å². The molecule has 104 valence electrons. The predicted octanol–water partition coefficient (Wildman–Crippen LogP) is 2.33. The Morgan fingerprint density at radius 3 is 2.60 bits per heavy atom. The van der Waals surface area contributed by atoms with E-state index in [2.05, 4.69) is 24.4 Å². The molecule has 5 N–H and O–H groups in total. The summed E-state index contributed by atoms with van der Waals surface area (Å²) >= 11 is 0. The van der Waals surface area contributed by atoms with E-state index in [0.717, 1.165) is 18.7 Å². The summed E-state index contributed by atoms with van der Waals surface area (Å²) in [5, 5.41) is 3.25. The molecule has 0 radical (unpaired) electrons. The molecule has 0 aliphatic heterocycles. The number of amides is 1. The molecule has 0 fully saturated rings. The number of anilines is 2. The smallest absolute Gasteiger partial charge is 0.250 e. The summed E-state index contributed by atoms with van der Waals surface area (Å²) in [5.41, 5.74) is 15.3. The van der Waals surface area contributed by atoms with Crippen molar-refractivity contribution < 1.29 is 4.79 Å². The van der Waals surface area contributed by atoms with E-state index in [1.807, 2.05) is 18.2 Å². The maximum absolute atomic E-state index is 11.2. The molecule has 0 aliphatic rings. The average Bonchev–Trinajstić information content (AvgIpc) is 2.42. The normalized spacial score (nSPS) is 10.2. The van der Waals surface area contributed by atoms with E-state index in [0.29, 0.717) is 11.3 Å². The van der Waals surface area contributed by atoms with Gasteiger partial charge in [0.1, 0.15) is 0 Å². The molecule has 0 aromatic heterocycles. The minimum absolute atomic E-state index is 0.353. The van der Waals surface area contributed by atoms with Crippen LogP contribution in [0, 0.1) is 6.92 Å². The van der Waals surface area contributed by atoms with E-state index in [9.17, 15) is 4.79 Å². The van der Waals surface area contributed by atoms with Crippen molar-refractivity contribution in [3.8, 4) is 0 Å². The van der Waals surface area contributed by atoms with Gasteiger partial charge in [0.05, 0.1) is 16.9 Å².